The van der Waals surface area contributed by atoms with Gasteiger partial charge in [-0.1, -0.05) is 19.9 Å². The summed E-state index contributed by atoms with van der Waals surface area (Å²) >= 11 is 0. The summed E-state index contributed by atoms with van der Waals surface area (Å²) in [7, 11) is -3.73. The average molecular weight is 362 g/mol. The van der Waals surface area contributed by atoms with Crippen molar-refractivity contribution >= 4 is 10.0 Å². The molecule has 2 aromatic rings. The number of sulfonamides is 1. The van der Waals surface area contributed by atoms with E-state index < -0.39 is 16.1 Å². The smallest absolute Gasteiger partial charge is 0.246 e. The summed E-state index contributed by atoms with van der Waals surface area (Å²) in [5.74, 6) is 0.841. The van der Waals surface area contributed by atoms with Gasteiger partial charge in [-0.25, -0.2) is 8.42 Å². The fourth-order valence-corrected chi connectivity index (χ4v) is 3.95. The lowest BCUT2D eigenvalue weighted by Gasteiger charge is -2.30. The van der Waals surface area contributed by atoms with Gasteiger partial charge in [-0.05, 0) is 18.2 Å². The minimum Gasteiger partial charge on any atom is -0.422 e. The number of hydrogen-bond donors (Lipinski definition) is 0. The van der Waals surface area contributed by atoms with Crippen molar-refractivity contribution in [3.05, 3.63) is 41.6 Å². The number of aromatic nitrogens is 2. The maximum Gasteiger partial charge on any atom is 0.246 e. The van der Waals surface area contributed by atoms with Gasteiger partial charge >= 0.3 is 0 Å². The molecule has 1 aliphatic rings. The van der Waals surface area contributed by atoms with Crippen LogP contribution < -0.4 is 0 Å². The van der Waals surface area contributed by atoms with Crippen molar-refractivity contribution in [2.45, 2.75) is 30.8 Å². The summed E-state index contributed by atoms with van der Waals surface area (Å²) in [5.41, 5.74) is 0.296. The summed E-state index contributed by atoms with van der Waals surface area (Å²) < 4.78 is 38.2. The number of rotatable bonds is 4. The van der Waals surface area contributed by atoms with Crippen LogP contribution in [0.15, 0.2) is 33.6 Å². The summed E-state index contributed by atoms with van der Waals surface area (Å²) in [6, 6.07) is 7.90. The van der Waals surface area contributed by atoms with Crippen LogP contribution in [0.2, 0.25) is 0 Å². The zero-order valence-electron chi connectivity index (χ0n) is 13.9. The van der Waals surface area contributed by atoms with E-state index in [0.29, 0.717) is 11.5 Å². The van der Waals surface area contributed by atoms with Gasteiger partial charge in [0, 0.05) is 19.0 Å². The van der Waals surface area contributed by atoms with E-state index in [4.69, 9.17) is 14.4 Å². The van der Waals surface area contributed by atoms with E-state index in [1.54, 1.807) is 12.1 Å². The van der Waals surface area contributed by atoms with Crippen LogP contribution in [-0.4, -0.2) is 42.6 Å². The zero-order valence-corrected chi connectivity index (χ0v) is 14.7. The fourth-order valence-electron chi connectivity index (χ4n) is 2.48. The predicted molar refractivity (Wildman–Crippen MR) is 87.0 cm³/mol. The number of hydrogen-bond acceptors (Lipinski definition) is 7. The molecule has 1 aliphatic heterocycles. The minimum atomic E-state index is -3.73. The summed E-state index contributed by atoms with van der Waals surface area (Å²) in [6.45, 7) is 4.39. The van der Waals surface area contributed by atoms with Crippen molar-refractivity contribution in [2.24, 2.45) is 0 Å². The second kappa shape index (κ2) is 6.92. The second-order valence-corrected chi connectivity index (χ2v) is 7.93. The lowest BCUT2D eigenvalue weighted by molar-refractivity contribution is -0.0179. The molecule has 1 fully saturated rings. The van der Waals surface area contributed by atoms with Crippen molar-refractivity contribution in [1.82, 2.24) is 14.5 Å². The number of ether oxygens (including phenoxy) is 1. The molecule has 1 atom stereocenters. The first-order valence-electron chi connectivity index (χ1n) is 7.87. The summed E-state index contributed by atoms with van der Waals surface area (Å²) in [6.07, 6.45) is -0.609. The topological polar surface area (TPSA) is 109 Å². The highest BCUT2D eigenvalue weighted by Crippen LogP contribution is 2.27. The lowest BCUT2D eigenvalue weighted by Crippen LogP contribution is -2.42. The third-order valence-corrected chi connectivity index (χ3v) is 5.72. The quantitative estimate of drug-likeness (QED) is 0.816. The standard InChI is InChI=1S/C16H18N4O4S/c1-11(2)15-18-19-16(24-15)14-10-20(6-7-23-14)25(21,22)13-5-3-4-12(8-13)9-17/h3-5,8,11,14H,6-7,10H2,1-2H3/t14-/m1/s1. The van der Waals surface area contributed by atoms with Gasteiger partial charge in [0.15, 0.2) is 0 Å². The minimum absolute atomic E-state index is 0.0818. The Morgan fingerprint density at radius 1 is 1.36 bits per heavy atom. The molecule has 0 saturated carbocycles. The Morgan fingerprint density at radius 3 is 2.84 bits per heavy atom. The first-order valence-corrected chi connectivity index (χ1v) is 9.31. The van der Waals surface area contributed by atoms with Gasteiger partial charge in [-0.3, -0.25) is 0 Å². The van der Waals surface area contributed by atoms with Crippen LogP contribution in [0.25, 0.3) is 0 Å². The first-order chi connectivity index (χ1) is 11.9. The third-order valence-electron chi connectivity index (χ3n) is 3.86. The van der Waals surface area contributed by atoms with Crippen molar-refractivity contribution in [2.75, 3.05) is 19.7 Å². The van der Waals surface area contributed by atoms with E-state index in [1.165, 1.54) is 16.4 Å². The second-order valence-electron chi connectivity index (χ2n) is 6.00. The molecule has 0 spiro atoms. The molecule has 0 amide bonds. The molecular weight excluding hydrogens is 344 g/mol. The number of nitriles is 1. The lowest BCUT2D eigenvalue weighted by atomic mass is 10.2. The van der Waals surface area contributed by atoms with E-state index in [0.717, 1.165) is 0 Å². The molecule has 132 valence electrons. The predicted octanol–water partition coefficient (Wildman–Crippen LogP) is 1.83. The normalized spacial score (nSPS) is 19.0. The Balaban J connectivity index is 1.83. The van der Waals surface area contributed by atoms with E-state index in [-0.39, 0.29) is 36.4 Å². The third kappa shape index (κ3) is 3.56. The van der Waals surface area contributed by atoms with Crippen molar-refractivity contribution < 1.29 is 17.6 Å². The van der Waals surface area contributed by atoms with Crippen LogP contribution in [0.5, 0.6) is 0 Å². The Morgan fingerprint density at radius 2 is 2.16 bits per heavy atom. The monoisotopic (exact) mass is 362 g/mol. The van der Waals surface area contributed by atoms with Gasteiger partial charge in [-0.15, -0.1) is 10.2 Å². The molecule has 2 heterocycles. The van der Waals surface area contributed by atoms with Gasteiger partial charge in [0.1, 0.15) is 6.10 Å². The molecule has 0 radical (unpaired) electrons. The molecule has 9 heteroatoms. The van der Waals surface area contributed by atoms with E-state index in [9.17, 15) is 8.42 Å². The van der Waals surface area contributed by atoms with Gasteiger partial charge < -0.3 is 9.15 Å². The van der Waals surface area contributed by atoms with Crippen molar-refractivity contribution in [3.8, 4) is 6.07 Å². The Hall–Kier alpha value is -2.28. The SMILES string of the molecule is CC(C)c1nnc([C@H]2CN(S(=O)(=O)c3cccc(C#N)c3)CCO2)o1. The number of benzene rings is 1. The molecule has 0 N–H and O–H groups in total. The maximum absolute atomic E-state index is 12.8. The molecule has 25 heavy (non-hydrogen) atoms. The molecule has 1 aromatic carbocycles. The highest BCUT2D eigenvalue weighted by Gasteiger charge is 2.34. The average Bonchev–Trinajstić information content (AvgIpc) is 3.12. The Labute approximate surface area is 146 Å². The van der Waals surface area contributed by atoms with E-state index >= 15 is 0 Å². The fraction of sp³-hybridized carbons (Fsp3) is 0.438. The Kier molecular flexibility index (Phi) is 4.85. The van der Waals surface area contributed by atoms with E-state index in [2.05, 4.69) is 10.2 Å². The van der Waals surface area contributed by atoms with Crippen molar-refractivity contribution in [1.29, 1.82) is 5.26 Å². The van der Waals surface area contributed by atoms with Crippen LogP contribution in [0.3, 0.4) is 0 Å². The zero-order chi connectivity index (χ0) is 18.0. The highest BCUT2D eigenvalue weighted by molar-refractivity contribution is 7.89. The highest BCUT2D eigenvalue weighted by atomic mass is 32.2. The largest absolute Gasteiger partial charge is 0.422 e. The molecule has 1 saturated heterocycles. The molecular formula is C16H18N4O4S. The number of morpholine rings is 1. The summed E-state index contributed by atoms with van der Waals surface area (Å²) in [5, 5.41) is 16.9. The summed E-state index contributed by atoms with van der Waals surface area (Å²) in [4.78, 5) is 0.0839. The molecule has 3 rings (SSSR count). The van der Waals surface area contributed by atoms with Gasteiger partial charge in [0.2, 0.25) is 21.8 Å². The van der Waals surface area contributed by atoms with Gasteiger partial charge in [0.25, 0.3) is 0 Å². The van der Waals surface area contributed by atoms with Crippen LogP contribution in [0, 0.1) is 11.3 Å². The van der Waals surface area contributed by atoms with Crippen molar-refractivity contribution in [3.63, 3.8) is 0 Å². The van der Waals surface area contributed by atoms with Crippen LogP contribution in [0.4, 0.5) is 0 Å². The van der Waals surface area contributed by atoms with E-state index in [1.807, 2.05) is 19.9 Å². The molecule has 0 aliphatic carbocycles. The molecule has 0 unspecified atom stereocenters. The first kappa shape index (κ1) is 17.5. The maximum atomic E-state index is 12.8. The van der Waals surface area contributed by atoms with Crippen LogP contribution >= 0.6 is 0 Å². The van der Waals surface area contributed by atoms with Crippen LogP contribution in [0.1, 0.15) is 43.2 Å². The molecule has 8 nitrogen and oxygen atoms in total. The van der Waals surface area contributed by atoms with Crippen LogP contribution in [-0.2, 0) is 14.8 Å². The van der Waals surface area contributed by atoms with Gasteiger partial charge in [0.05, 0.1) is 23.1 Å². The molecule has 0 bridgehead atoms. The molecule has 1 aromatic heterocycles. The Bertz CT molecular complexity index is 901. The van der Waals surface area contributed by atoms with Gasteiger partial charge in [-0.2, -0.15) is 9.57 Å². The number of nitrogens with zero attached hydrogens (tertiary/aromatic N) is 4.